The Morgan fingerprint density at radius 1 is 1.16 bits per heavy atom. The van der Waals surface area contributed by atoms with Crippen molar-refractivity contribution >= 4 is 11.8 Å². The fourth-order valence-corrected chi connectivity index (χ4v) is 2.78. The average Bonchev–Trinajstić information content (AvgIpc) is 2.41. The molecule has 19 heavy (non-hydrogen) atoms. The summed E-state index contributed by atoms with van der Waals surface area (Å²) >= 11 is 1.74. The number of benzene rings is 1. The summed E-state index contributed by atoms with van der Waals surface area (Å²) in [6, 6.07) is 10.6. The highest BCUT2D eigenvalue weighted by molar-refractivity contribution is 7.99. The normalized spacial score (nSPS) is 10.7. The summed E-state index contributed by atoms with van der Waals surface area (Å²) < 4.78 is 0. The molecule has 1 heterocycles. The van der Waals surface area contributed by atoms with Crippen molar-refractivity contribution in [2.24, 2.45) is 0 Å². The number of aryl methyl sites for hydroxylation is 2. The number of nitrogens with zero attached hydrogens (tertiary/aromatic N) is 1. The van der Waals surface area contributed by atoms with Gasteiger partial charge in [0.1, 0.15) is 5.03 Å². The van der Waals surface area contributed by atoms with E-state index >= 15 is 0 Å². The van der Waals surface area contributed by atoms with Gasteiger partial charge in [-0.05, 0) is 43.1 Å². The van der Waals surface area contributed by atoms with Crippen LogP contribution in [0.25, 0.3) is 0 Å². The molecule has 0 unspecified atom stereocenters. The van der Waals surface area contributed by atoms with E-state index in [1.54, 1.807) is 11.8 Å². The Morgan fingerprint density at radius 3 is 2.63 bits per heavy atom. The molecular formula is C16H20N2S. The summed E-state index contributed by atoms with van der Waals surface area (Å²) in [5.41, 5.74) is 3.78. The van der Waals surface area contributed by atoms with Crippen LogP contribution in [0.15, 0.2) is 46.5 Å². The van der Waals surface area contributed by atoms with Gasteiger partial charge in [0.05, 0.1) is 0 Å². The second kappa shape index (κ2) is 6.73. The summed E-state index contributed by atoms with van der Waals surface area (Å²) in [6.45, 7) is 8.25. The number of hydrogen-bond donors (Lipinski definition) is 1. The van der Waals surface area contributed by atoms with Gasteiger partial charge >= 0.3 is 0 Å². The van der Waals surface area contributed by atoms with Gasteiger partial charge in [-0.15, -0.1) is 0 Å². The van der Waals surface area contributed by atoms with E-state index in [2.05, 4.69) is 61.4 Å². The molecule has 0 aliphatic rings. The molecule has 3 heteroatoms. The summed E-state index contributed by atoms with van der Waals surface area (Å²) in [7, 11) is 0. The van der Waals surface area contributed by atoms with Crippen molar-refractivity contribution in [3.05, 3.63) is 53.2 Å². The summed E-state index contributed by atoms with van der Waals surface area (Å²) in [5.74, 6) is 0. The van der Waals surface area contributed by atoms with Crippen molar-refractivity contribution < 1.29 is 0 Å². The summed E-state index contributed by atoms with van der Waals surface area (Å²) in [6.07, 6.45) is 1.97. The first-order valence-corrected chi connectivity index (χ1v) is 7.42. The molecule has 100 valence electrons. The molecular weight excluding hydrogens is 252 g/mol. The Balaban J connectivity index is 2.15. The number of rotatable bonds is 5. The Bertz CT molecular complexity index is 552. The van der Waals surface area contributed by atoms with Crippen LogP contribution in [-0.4, -0.2) is 11.5 Å². The Labute approximate surface area is 119 Å². The molecule has 0 spiro atoms. The largest absolute Gasteiger partial charge is 0.313 e. The lowest BCUT2D eigenvalue weighted by Gasteiger charge is -2.09. The van der Waals surface area contributed by atoms with Crippen molar-refractivity contribution in [3.63, 3.8) is 0 Å². The molecule has 0 fully saturated rings. The van der Waals surface area contributed by atoms with E-state index in [1.165, 1.54) is 21.6 Å². The second-order valence-corrected chi connectivity index (χ2v) is 5.64. The molecule has 0 aliphatic heterocycles. The van der Waals surface area contributed by atoms with Crippen LogP contribution < -0.4 is 5.32 Å². The van der Waals surface area contributed by atoms with E-state index < -0.39 is 0 Å². The molecule has 2 aromatic rings. The minimum atomic E-state index is 0.889. The number of aromatic nitrogens is 1. The molecule has 2 nitrogen and oxygen atoms in total. The van der Waals surface area contributed by atoms with Crippen molar-refractivity contribution in [1.29, 1.82) is 0 Å². The number of hydrogen-bond acceptors (Lipinski definition) is 3. The minimum Gasteiger partial charge on any atom is -0.313 e. The third kappa shape index (κ3) is 3.82. The second-order valence-electron chi connectivity index (χ2n) is 4.61. The maximum atomic E-state index is 4.59. The monoisotopic (exact) mass is 272 g/mol. The third-order valence-electron chi connectivity index (χ3n) is 2.97. The van der Waals surface area contributed by atoms with Gasteiger partial charge in [0.2, 0.25) is 0 Å². The third-order valence-corrected chi connectivity index (χ3v) is 4.26. The lowest BCUT2D eigenvalue weighted by molar-refractivity contribution is 0.721. The molecule has 1 N–H and O–H groups in total. The van der Waals surface area contributed by atoms with E-state index in [9.17, 15) is 0 Å². The molecule has 0 radical (unpaired) electrons. The molecule has 1 aromatic carbocycles. The van der Waals surface area contributed by atoms with Crippen LogP contribution in [0.5, 0.6) is 0 Å². The minimum absolute atomic E-state index is 0.889. The molecule has 0 amide bonds. The van der Waals surface area contributed by atoms with E-state index in [-0.39, 0.29) is 0 Å². The van der Waals surface area contributed by atoms with E-state index in [4.69, 9.17) is 0 Å². The van der Waals surface area contributed by atoms with Crippen LogP contribution in [0.1, 0.15) is 23.6 Å². The average molecular weight is 272 g/mol. The smallest absolute Gasteiger partial charge is 0.104 e. The molecule has 0 bridgehead atoms. The standard InChI is InChI=1S/C16H20N2S/c1-4-17-10-14-9-13(3)16(18-11-14)19-15-8-6-5-7-12(15)2/h5-9,11,17H,4,10H2,1-3H3. The maximum Gasteiger partial charge on any atom is 0.104 e. The lowest BCUT2D eigenvalue weighted by Crippen LogP contribution is -2.12. The van der Waals surface area contributed by atoms with Gasteiger partial charge in [0.15, 0.2) is 0 Å². The number of nitrogens with one attached hydrogen (secondary N) is 1. The first-order valence-electron chi connectivity index (χ1n) is 6.60. The molecule has 0 saturated carbocycles. The number of pyridine rings is 1. The van der Waals surface area contributed by atoms with Gasteiger partial charge < -0.3 is 5.32 Å². The van der Waals surface area contributed by atoms with Crippen LogP contribution in [-0.2, 0) is 6.54 Å². The SMILES string of the molecule is CCNCc1cnc(Sc2ccccc2C)c(C)c1. The predicted molar refractivity (Wildman–Crippen MR) is 81.7 cm³/mol. The highest BCUT2D eigenvalue weighted by Gasteiger charge is 2.06. The highest BCUT2D eigenvalue weighted by atomic mass is 32.2. The first-order chi connectivity index (χ1) is 9.20. The van der Waals surface area contributed by atoms with Crippen LogP contribution in [0.4, 0.5) is 0 Å². The predicted octanol–water partition coefficient (Wildman–Crippen LogP) is 3.96. The van der Waals surface area contributed by atoms with Crippen LogP contribution in [0.3, 0.4) is 0 Å². The fourth-order valence-electron chi connectivity index (χ4n) is 1.87. The Morgan fingerprint density at radius 2 is 1.95 bits per heavy atom. The van der Waals surface area contributed by atoms with Crippen molar-refractivity contribution in [2.75, 3.05) is 6.54 Å². The molecule has 0 atom stereocenters. The van der Waals surface area contributed by atoms with Gasteiger partial charge in [-0.25, -0.2) is 4.98 Å². The van der Waals surface area contributed by atoms with Crippen molar-refractivity contribution in [1.82, 2.24) is 10.3 Å². The fraction of sp³-hybridized carbons (Fsp3) is 0.312. The van der Waals surface area contributed by atoms with E-state index in [0.717, 1.165) is 18.1 Å². The molecule has 0 saturated heterocycles. The zero-order chi connectivity index (χ0) is 13.7. The first kappa shape index (κ1) is 14.1. The lowest BCUT2D eigenvalue weighted by atomic mass is 10.2. The van der Waals surface area contributed by atoms with Gasteiger partial charge in [-0.2, -0.15) is 0 Å². The maximum absolute atomic E-state index is 4.59. The summed E-state index contributed by atoms with van der Waals surface area (Å²) in [4.78, 5) is 5.87. The Hall–Kier alpha value is -1.32. The van der Waals surface area contributed by atoms with Crippen LogP contribution in [0, 0.1) is 13.8 Å². The molecule has 1 aromatic heterocycles. The topological polar surface area (TPSA) is 24.9 Å². The van der Waals surface area contributed by atoms with Gasteiger partial charge in [-0.3, -0.25) is 0 Å². The van der Waals surface area contributed by atoms with Crippen molar-refractivity contribution in [2.45, 2.75) is 37.2 Å². The zero-order valence-electron chi connectivity index (χ0n) is 11.7. The van der Waals surface area contributed by atoms with Crippen LogP contribution in [0.2, 0.25) is 0 Å². The Kier molecular flexibility index (Phi) is 5.00. The quantitative estimate of drug-likeness (QED) is 0.892. The van der Waals surface area contributed by atoms with Gasteiger partial charge in [0, 0.05) is 17.6 Å². The molecule has 2 rings (SSSR count). The van der Waals surface area contributed by atoms with Gasteiger partial charge in [0.25, 0.3) is 0 Å². The van der Waals surface area contributed by atoms with E-state index in [0.29, 0.717) is 0 Å². The van der Waals surface area contributed by atoms with Crippen molar-refractivity contribution in [3.8, 4) is 0 Å². The van der Waals surface area contributed by atoms with Crippen LogP contribution >= 0.6 is 11.8 Å². The highest BCUT2D eigenvalue weighted by Crippen LogP contribution is 2.30. The van der Waals surface area contributed by atoms with E-state index in [1.807, 2.05) is 6.20 Å². The zero-order valence-corrected chi connectivity index (χ0v) is 12.6. The summed E-state index contributed by atoms with van der Waals surface area (Å²) in [5, 5.41) is 4.42. The molecule has 0 aliphatic carbocycles. The van der Waals surface area contributed by atoms with Gasteiger partial charge in [-0.1, -0.05) is 43.0 Å².